The van der Waals surface area contributed by atoms with Crippen LogP contribution in [0.5, 0.6) is 0 Å². The van der Waals surface area contributed by atoms with Gasteiger partial charge in [0.15, 0.2) is 5.69 Å². The molecule has 7 heteroatoms. The molecule has 0 fully saturated rings. The SMILES string of the molecule is COC(=O)c1nc([C@@H](Cc2ccc3ccccc3c2)NC(=O)OC(C)(C)C)sc1-c1ccccc1. The van der Waals surface area contributed by atoms with Crippen LogP contribution in [0.15, 0.2) is 72.8 Å². The van der Waals surface area contributed by atoms with Crippen LogP contribution in [0.2, 0.25) is 0 Å². The van der Waals surface area contributed by atoms with E-state index >= 15 is 0 Å². The summed E-state index contributed by atoms with van der Waals surface area (Å²) in [5.41, 5.74) is 1.47. The Morgan fingerprint density at radius 1 is 0.971 bits per heavy atom. The number of hydrogen-bond acceptors (Lipinski definition) is 6. The van der Waals surface area contributed by atoms with E-state index in [1.54, 1.807) is 0 Å². The largest absolute Gasteiger partial charge is 0.464 e. The fraction of sp³-hybridized carbons (Fsp3) is 0.250. The van der Waals surface area contributed by atoms with Crippen molar-refractivity contribution in [3.63, 3.8) is 0 Å². The normalized spacial score (nSPS) is 12.2. The maximum absolute atomic E-state index is 12.7. The second kappa shape index (κ2) is 10.3. The number of benzene rings is 3. The lowest BCUT2D eigenvalue weighted by Gasteiger charge is -2.23. The van der Waals surface area contributed by atoms with Crippen LogP contribution < -0.4 is 5.32 Å². The Labute approximate surface area is 208 Å². The Kier molecular flexibility index (Phi) is 7.17. The number of carbonyl (C=O) groups excluding carboxylic acids is 2. The molecule has 0 aliphatic rings. The molecule has 1 aromatic heterocycles. The van der Waals surface area contributed by atoms with Crippen molar-refractivity contribution >= 4 is 34.2 Å². The van der Waals surface area contributed by atoms with Gasteiger partial charge in [0, 0.05) is 0 Å². The van der Waals surface area contributed by atoms with Crippen LogP contribution in [0.1, 0.15) is 47.9 Å². The number of nitrogens with one attached hydrogen (secondary N) is 1. The Morgan fingerprint density at radius 2 is 1.66 bits per heavy atom. The second-order valence-electron chi connectivity index (χ2n) is 9.17. The van der Waals surface area contributed by atoms with Gasteiger partial charge in [-0.2, -0.15) is 0 Å². The predicted molar refractivity (Wildman–Crippen MR) is 139 cm³/mol. The number of methoxy groups -OCH3 is 1. The summed E-state index contributed by atoms with van der Waals surface area (Å²) in [6, 6.07) is 23.4. The predicted octanol–water partition coefficient (Wildman–Crippen LogP) is 6.56. The molecule has 0 saturated heterocycles. The van der Waals surface area contributed by atoms with E-state index < -0.39 is 23.7 Å². The van der Waals surface area contributed by atoms with E-state index in [0.29, 0.717) is 16.3 Å². The molecule has 6 nitrogen and oxygen atoms in total. The smallest absolute Gasteiger partial charge is 0.408 e. The monoisotopic (exact) mass is 488 g/mol. The topological polar surface area (TPSA) is 77.5 Å². The molecule has 0 aliphatic heterocycles. The number of rotatable bonds is 6. The second-order valence-corrected chi connectivity index (χ2v) is 10.2. The van der Waals surface area contributed by atoms with Gasteiger partial charge in [0.05, 0.1) is 18.0 Å². The van der Waals surface area contributed by atoms with E-state index in [4.69, 9.17) is 9.47 Å². The summed E-state index contributed by atoms with van der Waals surface area (Å²) in [6.07, 6.45) is -0.0636. The number of aromatic nitrogens is 1. The van der Waals surface area contributed by atoms with Crippen molar-refractivity contribution in [3.8, 4) is 10.4 Å². The van der Waals surface area contributed by atoms with Crippen molar-refractivity contribution in [2.45, 2.75) is 38.8 Å². The number of fused-ring (bicyclic) bond motifs is 1. The maximum Gasteiger partial charge on any atom is 0.408 e. The molecule has 1 atom stereocenters. The molecule has 35 heavy (non-hydrogen) atoms. The molecule has 0 unspecified atom stereocenters. The maximum atomic E-state index is 12.7. The van der Waals surface area contributed by atoms with E-state index in [9.17, 15) is 9.59 Å². The number of ether oxygens (including phenoxy) is 2. The van der Waals surface area contributed by atoms with Crippen LogP contribution in [-0.4, -0.2) is 29.8 Å². The van der Waals surface area contributed by atoms with Crippen LogP contribution in [0.25, 0.3) is 21.2 Å². The molecule has 0 saturated carbocycles. The average molecular weight is 489 g/mol. The van der Waals surface area contributed by atoms with Gasteiger partial charge < -0.3 is 14.8 Å². The van der Waals surface area contributed by atoms with Crippen molar-refractivity contribution in [1.82, 2.24) is 10.3 Å². The van der Waals surface area contributed by atoms with Gasteiger partial charge >= 0.3 is 12.1 Å². The molecule has 0 radical (unpaired) electrons. The van der Waals surface area contributed by atoms with Crippen molar-refractivity contribution < 1.29 is 19.1 Å². The first-order valence-electron chi connectivity index (χ1n) is 11.3. The minimum atomic E-state index is -0.646. The van der Waals surface area contributed by atoms with Gasteiger partial charge in [-0.05, 0) is 49.1 Å². The van der Waals surface area contributed by atoms with Gasteiger partial charge in [-0.15, -0.1) is 11.3 Å². The number of hydrogen-bond donors (Lipinski definition) is 1. The molecular weight excluding hydrogens is 460 g/mol. The highest BCUT2D eigenvalue weighted by atomic mass is 32.1. The highest BCUT2D eigenvalue weighted by Crippen LogP contribution is 2.35. The molecule has 180 valence electrons. The van der Waals surface area contributed by atoms with Crippen molar-refractivity contribution in [2.24, 2.45) is 0 Å². The third-order valence-electron chi connectivity index (χ3n) is 5.30. The van der Waals surface area contributed by atoms with E-state index in [1.165, 1.54) is 18.4 Å². The number of esters is 1. The lowest BCUT2D eigenvalue weighted by molar-refractivity contribution is 0.0503. The molecular formula is C28H28N2O4S. The molecule has 3 aromatic carbocycles. The van der Waals surface area contributed by atoms with Crippen molar-refractivity contribution in [2.75, 3.05) is 7.11 Å². The molecule has 0 spiro atoms. The van der Waals surface area contributed by atoms with E-state index in [2.05, 4.69) is 34.6 Å². The van der Waals surface area contributed by atoms with E-state index in [0.717, 1.165) is 21.9 Å². The van der Waals surface area contributed by atoms with Gasteiger partial charge in [-0.3, -0.25) is 0 Å². The molecule has 1 N–H and O–H groups in total. The van der Waals surface area contributed by atoms with E-state index in [-0.39, 0.29) is 5.69 Å². The Hall–Kier alpha value is -3.71. The summed E-state index contributed by atoms with van der Waals surface area (Å²) in [6.45, 7) is 5.45. The molecule has 0 bridgehead atoms. The fourth-order valence-electron chi connectivity index (χ4n) is 3.76. The van der Waals surface area contributed by atoms with Crippen LogP contribution in [0, 0.1) is 0 Å². The van der Waals surface area contributed by atoms with Gasteiger partial charge in [-0.25, -0.2) is 14.6 Å². The summed E-state index contributed by atoms with van der Waals surface area (Å²) in [5, 5.41) is 5.82. The van der Waals surface area contributed by atoms with Crippen LogP contribution >= 0.6 is 11.3 Å². The summed E-state index contributed by atoms with van der Waals surface area (Å²) in [5.74, 6) is -0.520. The summed E-state index contributed by atoms with van der Waals surface area (Å²) >= 11 is 1.37. The summed E-state index contributed by atoms with van der Waals surface area (Å²) < 4.78 is 10.5. The highest BCUT2D eigenvalue weighted by molar-refractivity contribution is 7.15. The molecule has 4 rings (SSSR count). The van der Waals surface area contributed by atoms with Crippen molar-refractivity contribution in [1.29, 1.82) is 0 Å². The molecule has 1 heterocycles. The first-order chi connectivity index (χ1) is 16.7. The zero-order valence-corrected chi connectivity index (χ0v) is 21.0. The Balaban J connectivity index is 1.74. The van der Waals surface area contributed by atoms with Gasteiger partial charge in [-0.1, -0.05) is 72.8 Å². The number of nitrogens with zero attached hydrogens (tertiary/aromatic N) is 1. The average Bonchev–Trinajstić information content (AvgIpc) is 3.28. The molecule has 1 amide bonds. The number of amides is 1. The van der Waals surface area contributed by atoms with Gasteiger partial charge in [0.2, 0.25) is 0 Å². The number of alkyl carbamates (subject to hydrolysis) is 1. The zero-order valence-electron chi connectivity index (χ0n) is 20.2. The van der Waals surface area contributed by atoms with Gasteiger partial charge in [0.25, 0.3) is 0 Å². The van der Waals surface area contributed by atoms with Crippen LogP contribution in [0.4, 0.5) is 4.79 Å². The molecule has 4 aromatic rings. The molecule has 0 aliphatic carbocycles. The Bertz CT molecular complexity index is 1340. The van der Waals surface area contributed by atoms with E-state index in [1.807, 2.05) is 69.3 Å². The van der Waals surface area contributed by atoms with Crippen LogP contribution in [-0.2, 0) is 15.9 Å². The minimum absolute atomic E-state index is 0.230. The summed E-state index contributed by atoms with van der Waals surface area (Å²) in [4.78, 5) is 30.7. The number of carbonyl (C=O) groups is 2. The van der Waals surface area contributed by atoms with Crippen molar-refractivity contribution in [3.05, 3.63) is 89.1 Å². The third kappa shape index (κ3) is 6.05. The first kappa shape index (κ1) is 24.4. The third-order valence-corrected chi connectivity index (χ3v) is 6.52. The fourth-order valence-corrected chi connectivity index (χ4v) is 4.87. The standard InChI is InChI=1S/C28H28N2O4S/c1-28(2,3)34-27(32)29-22(17-18-14-15-19-10-8-9-13-21(19)16-18)25-30-23(26(31)33-4)24(35-25)20-11-6-5-7-12-20/h5-16,22H,17H2,1-4H3,(H,29,32)/t22-/m1/s1. The van der Waals surface area contributed by atoms with Gasteiger partial charge in [0.1, 0.15) is 10.6 Å². The minimum Gasteiger partial charge on any atom is -0.464 e. The first-order valence-corrected chi connectivity index (χ1v) is 12.2. The lowest BCUT2D eigenvalue weighted by Crippen LogP contribution is -2.35. The lowest BCUT2D eigenvalue weighted by atomic mass is 10.0. The Morgan fingerprint density at radius 3 is 2.34 bits per heavy atom. The zero-order chi connectivity index (χ0) is 25.0. The quantitative estimate of drug-likeness (QED) is 0.311. The number of thiazole rings is 1. The highest BCUT2D eigenvalue weighted by Gasteiger charge is 2.27. The summed E-state index contributed by atoms with van der Waals surface area (Å²) in [7, 11) is 1.33. The van der Waals surface area contributed by atoms with Crippen LogP contribution in [0.3, 0.4) is 0 Å².